The first kappa shape index (κ1) is 20.4. The van der Waals surface area contributed by atoms with Gasteiger partial charge in [-0.15, -0.1) is 0 Å². The fraction of sp³-hybridized carbons (Fsp3) is 0.500. The smallest absolute Gasteiger partial charge is 0.314 e. The number of anilines is 2. The van der Waals surface area contributed by atoms with Crippen molar-refractivity contribution >= 4 is 23.3 Å². The fourth-order valence-corrected chi connectivity index (χ4v) is 4.27. The van der Waals surface area contributed by atoms with Gasteiger partial charge in [-0.2, -0.15) is 0 Å². The standard InChI is InChI=1S/C22H27N3O5/c1-14-19(23-18(26)13-29-2)20(30-24-14)15-7-11-25(12-8-15)17-5-3-16(4-6-17)22(9-10-22)21(27)28/h3-6,15H,7-13H2,1-2H3,(H,23,26)(H,27,28). The van der Waals surface area contributed by atoms with Gasteiger partial charge in [0.1, 0.15) is 18.0 Å². The van der Waals surface area contributed by atoms with Crippen LogP contribution in [0.2, 0.25) is 0 Å². The van der Waals surface area contributed by atoms with Crippen molar-refractivity contribution in [2.45, 2.75) is 43.9 Å². The number of aryl methyl sites for hydroxylation is 1. The third-order valence-electron chi connectivity index (χ3n) is 6.24. The summed E-state index contributed by atoms with van der Waals surface area (Å²) in [7, 11) is 1.48. The number of ether oxygens (including phenoxy) is 1. The Hall–Kier alpha value is -2.87. The molecule has 0 unspecified atom stereocenters. The van der Waals surface area contributed by atoms with Gasteiger partial charge in [0.05, 0.1) is 5.41 Å². The van der Waals surface area contributed by atoms with Gasteiger partial charge in [0, 0.05) is 31.8 Å². The number of hydrogen-bond donors (Lipinski definition) is 2. The Labute approximate surface area is 175 Å². The summed E-state index contributed by atoms with van der Waals surface area (Å²) in [6.45, 7) is 3.50. The summed E-state index contributed by atoms with van der Waals surface area (Å²) in [6, 6.07) is 7.94. The number of rotatable bonds is 7. The SMILES string of the molecule is COCC(=O)Nc1c(C)noc1C1CCN(c2ccc(C3(C(=O)O)CC3)cc2)CC1. The van der Waals surface area contributed by atoms with Crippen LogP contribution in [-0.2, 0) is 19.7 Å². The molecule has 0 spiro atoms. The number of carbonyl (C=O) groups is 2. The summed E-state index contributed by atoms with van der Waals surface area (Å²) in [6.07, 6.45) is 3.19. The molecule has 1 amide bonds. The lowest BCUT2D eigenvalue weighted by molar-refractivity contribution is -0.140. The topological polar surface area (TPSA) is 105 Å². The Morgan fingerprint density at radius 1 is 1.27 bits per heavy atom. The second-order valence-electron chi connectivity index (χ2n) is 8.18. The Morgan fingerprint density at radius 3 is 2.50 bits per heavy atom. The van der Waals surface area contributed by atoms with E-state index in [1.54, 1.807) is 0 Å². The minimum atomic E-state index is -0.730. The van der Waals surface area contributed by atoms with E-state index < -0.39 is 11.4 Å². The predicted octanol–water partition coefficient (Wildman–Crippen LogP) is 3.07. The quantitative estimate of drug-likeness (QED) is 0.719. The Kier molecular flexibility index (Phi) is 5.51. The lowest BCUT2D eigenvalue weighted by Crippen LogP contribution is -2.33. The van der Waals surface area contributed by atoms with Crippen LogP contribution in [0.3, 0.4) is 0 Å². The van der Waals surface area contributed by atoms with Crippen molar-refractivity contribution in [1.29, 1.82) is 0 Å². The minimum absolute atomic E-state index is 0.0122. The first-order valence-corrected chi connectivity index (χ1v) is 10.3. The predicted molar refractivity (Wildman–Crippen MR) is 111 cm³/mol. The number of nitrogens with one attached hydrogen (secondary N) is 1. The van der Waals surface area contributed by atoms with Crippen molar-refractivity contribution < 1.29 is 24.0 Å². The van der Waals surface area contributed by atoms with E-state index in [-0.39, 0.29) is 18.4 Å². The molecule has 30 heavy (non-hydrogen) atoms. The van der Waals surface area contributed by atoms with Crippen LogP contribution in [0.5, 0.6) is 0 Å². The zero-order valence-corrected chi connectivity index (χ0v) is 17.3. The minimum Gasteiger partial charge on any atom is -0.481 e. The van der Waals surface area contributed by atoms with Crippen LogP contribution in [0.4, 0.5) is 11.4 Å². The van der Waals surface area contributed by atoms with E-state index >= 15 is 0 Å². The maximum atomic E-state index is 11.9. The van der Waals surface area contributed by atoms with Crippen LogP contribution in [0.1, 0.15) is 48.6 Å². The number of carboxylic acids is 1. The molecule has 160 valence electrons. The molecule has 1 saturated carbocycles. The molecule has 2 fully saturated rings. The van der Waals surface area contributed by atoms with Crippen molar-refractivity contribution in [3.8, 4) is 0 Å². The number of benzene rings is 1. The molecular weight excluding hydrogens is 386 g/mol. The summed E-state index contributed by atoms with van der Waals surface area (Å²) < 4.78 is 10.4. The van der Waals surface area contributed by atoms with Gasteiger partial charge in [-0.3, -0.25) is 9.59 Å². The van der Waals surface area contributed by atoms with E-state index in [1.165, 1.54) is 7.11 Å². The third-order valence-corrected chi connectivity index (χ3v) is 6.24. The molecule has 2 aliphatic rings. The second-order valence-corrected chi connectivity index (χ2v) is 8.18. The van der Waals surface area contributed by atoms with Crippen molar-refractivity contribution in [3.05, 3.63) is 41.3 Å². The van der Waals surface area contributed by atoms with Crippen LogP contribution >= 0.6 is 0 Å². The molecule has 1 aromatic heterocycles. The highest BCUT2D eigenvalue weighted by atomic mass is 16.5. The number of piperidine rings is 1. The van der Waals surface area contributed by atoms with Gasteiger partial charge in [-0.05, 0) is 50.3 Å². The summed E-state index contributed by atoms with van der Waals surface area (Å²) in [5, 5.41) is 16.4. The first-order valence-electron chi connectivity index (χ1n) is 10.3. The second kappa shape index (κ2) is 8.10. The fourth-order valence-electron chi connectivity index (χ4n) is 4.27. The van der Waals surface area contributed by atoms with Gasteiger partial charge >= 0.3 is 5.97 Å². The highest BCUT2D eigenvalue weighted by Gasteiger charge is 2.51. The molecule has 0 bridgehead atoms. The normalized spacial score (nSPS) is 18.3. The van der Waals surface area contributed by atoms with E-state index in [4.69, 9.17) is 9.26 Å². The zero-order chi connectivity index (χ0) is 21.3. The summed E-state index contributed by atoms with van der Waals surface area (Å²) >= 11 is 0. The van der Waals surface area contributed by atoms with Crippen molar-refractivity contribution in [2.24, 2.45) is 0 Å². The number of hydrogen-bond acceptors (Lipinski definition) is 6. The van der Waals surface area contributed by atoms with Gasteiger partial charge in [0.15, 0.2) is 5.76 Å². The van der Waals surface area contributed by atoms with Crippen molar-refractivity contribution in [2.75, 3.05) is 37.0 Å². The van der Waals surface area contributed by atoms with Crippen molar-refractivity contribution in [1.82, 2.24) is 5.16 Å². The highest BCUT2D eigenvalue weighted by Crippen LogP contribution is 2.48. The lowest BCUT2D eigenvalue weighted by atomic mass is 9.92. The van der Waals surface area contributed by atoms with Crippen LogP contribution < -0.4 is 10.2 Å². The number of aliphatic carboxylic acids is 1. The molecule has 0 radical (unpaired) electrons. The molecule has 2 aromatic rings. The maximum Gasteiger partial charge on any atom is 0.314 e. The molecule has 2 N–H and O–H groups in total. The Morgan fingerprint density at radius 2 is 1.93 bits per heavy atom. The molecule has 1 saturated heterocycles. The van der Waals surface area contributed by atoms with Gasteiger partial charge in [0.2, 0.25) is 5.91 Å². The molecule has 0 atom stereocenters. The molecule has 8 nitrogen and oxygen atoms in total. The first-order chi connectivity index (χ1) is 14.4. The molecule has 4 rings (SSSR count). The zero-order valence-electron chi connectivity index (χ0n) is 17.3. The van der Waals surface area contributed by atoms with Gasteiger partial charge in [0.25, 0.3) is 0 Å². The van der Waals surface area contributed by atoms with Crippen LogP contribution in [0.15, 0.2) is 28.8 Å². The molecule has 1 aliphatic heterocycles. The van der Waals surface area contributed by atoms with Crippen LogP contribution in [0.25, 0.3) is 0 Å². The van der Waals surface area contributed by atoms with Crippen LogP contribution in [0, 0.1) is 6.92 Å². The molecule has 2 heterocycles. The number of carboxylic acid groups (broad SMARTS) is 1. The largest absolute Gasteiger partial charge is 0.481 e. The van der Waals surface area contributed by atoms with E-state index in [0.717, 1.165) is 42.9 Å². The molecule has 1 aliphatic carbocycles. The number of aromatic nitrogens is 1. The Balaban J connectivity index is 1.40. The van der Waals surface area contributed by atoms with E-state index in [1.807, 2.05) is 31.2 Å². The van der Waals surface area contributed by atoms with E-state index in [0.29, 0.717) is 24.2 Å². The maximum absolute atomic E-state index is 11.9. The van der Waals surface area contributed by atoms with E-state index in [2.05, 4.69) is 15.4 Å². The molecule has 1 aromatic carbocycles. The third kappa shape index (κ3) is 3.79. The number of nitrogens with zero attached hydrogens (tertiary/aromatic N) is 2. The van der Waals surface area contributed by atoms with E-state index in [9.17, 15) is 14.7 Å². The average Bonchev–Trinajstić information content (AvgIpc) is 3.49. The van der Waals surface area contributed by atoms with Gasteiger partial charge < -0.3 is 24.6 Å². The summed E-state index contributed by atoms with van der Waals surface area (Å²) in [4.78, 5) is 25.7. The summed E-state index contributed by atoms with van der Waals surface area (Å²) in [5.41, 5.74) is 2.64. The monoisotopic (exact) mass is 413 g/mol. The average molecular weight is 413 g/mol. The lowest BCUT2D eigenvalue weighted by Gasteiger charge is -2.33. The molecule has 8 heteroatoms. The number of carbonyl (C=O) groups excluding carboxylic acids is 1. The summed E-state index contributed by atoms with van der Waals surface area (Å²) in [5.74, 6) is -0.0467. The Bertz CT molecular complexity index is 925. The number of amides is 1. The van der Waals surface area contributed by atoms with Gasteiger partial charge in [-0.25, -0.2) is 0 Å². The van der Waals surface area contributed by atoms with Crippen molar-refractivity contribution in [3.63, 3.8) is 0 Å². The molecular formula is C22H27N3O5. The number of methoxy groups -OCH3 is 1. The van der Waals surface area contributed by atoms with Crippen LogP contribution in [-0.4, -0.2) is 48.9 Å². The highest BCUT2D eigenvalue weighted by molar-refractivity contribution is 5.92. The van der Waals surface area contributed by atoms with Gasteiger partial charge in [-0.1, -0.05) is 17.3 Å².